The molecule has 0 unspecified atom stereocenters. The number of imide groups is 1. The second-order valence-electron chi connectivity index (χ2n) is 10.3. The van der Waals surface area contributed by atoms with E-state index in [1.54, 1.807) is 36.4 Å². The summed E-state index contributed by atoms with van der Waals surface area (Å²) in [4.78, 5) is 54.4. The number of carbonyl (C=O) groups excluding carboxylic acids is 4. The zero-order chi connectivity index (χ0) is 27.5. The Morgan fingerprint density at radius 1 is 0.675 bits per heavy atom. The molecule has 40 heavy (non-hydrogen) atoms. The number of Topliss-reactive ketones (excluding diaryl/α,β-unsaturated/α-hetero) is 1. The number of amides is 2. The third kappa shape index (κ3) is 3.63. The van der Waals surface area contributed by atoms with Gasteiger partial charge in [-0.1, -0.05) is 66.2 Å². The van der Waals surface area contributed by atoms with E-state index in [1.165, 1.54) is 17.0 Å². The normalized spacial score (nSPS) is 22.0. The van der Waals surface area contributed by atoms with Crippen molar-refractivity contribution in [3.05, 3.63) is 135 Å². The van der Waals surface area contributed by atoms with E-state index in [0.29, 0.717) is 16.3 Å². The lowest BCUT2D eigenvalue weighted by Gasteiger charge is -2.45. The lowest BCUT2D eigenvalue weighted by Crippen LogP contribution is -2.41. The molecule has 196 valence electrons. The summed E-state index contributed by atoms with van der Waals surface area (Å²) in [6.45, 7) is -0.448. The zero-order valence-corrected chi connectivity index (χ0v) is 21.9. The van der Waals surface area contributed by atoms with Crippen LogP contribution in [0.15, 0.2) is 97.1 Å². The fraction of sp³-hybridized carbons (Fsp3) is 0.152. The second kappa shape index (κ2) is 9.28. The Hall–Kier alpha value is -4.55. The smallest absolute Gasteiger partial charge is 0.338 e. The van der Waals surface area contributed by atoms with E-state index in [9.17, 15) is 19.2 Å². The summed E-state index contributed by atoms with van der Waals surface area (Å²) in [5.74, 6) is -3.09. The third-order valence-electron chi connectivity index (χ3n) is 8.29. The molecule has 2 bridgehead atoms. The summed E-state index contributed by atoms with van der Waals surface area (Å²) in [5, 5.41) is 0.497. The van der Waals surface area contributed by atoms with Gasteiger partial charge in [-0.05, 0) is 64.7 Å². The second-order valence-corrected chi connectivity index (χ2v) is 10.8. The average Bonchev–Trinajstić information content (AvgIpc) is 3.26. The molecule has 2 atom stereocenters. The van der Waals surface area contributed by atoms with E-state index in [-0.39, 0.29) is 35.0 Å². The number of benzene rings is 4. The van der Waals surface area contributed by atoms with Crippen LogP contribution in [0.2, 0.25) is 5.02 Å². The van der Waals surface area contributed by atoms with Crippen molar-refractivity contribution in [2.45, 2.75) is 11.8 Å². The minimum atomic E-state index is -0.722. The molecule has 4 aliphatic rings. The summed E-state index contributed by atoms with van der Waals surface area (Å²) in [6.07, 6.45) is 0. The van der Waals surface area contributed by atoms with Crippen LogP contribution in [0.5, 0.6) is 0 Å². The number of anilines is 1. The van der Waals surface area contributed by atoms with Gasteiger partial charge in [-0.2, -0.15) is 0 Å². The monoisotopic (exact) mass is 547 g/mol. The number of esters is 1. The maximum atomic E-state index is 14.0. The number of ether oxygens (including phenoxy) is 1. The van der Waals surface area contributed by atoms with Crippen LogP contribution in [-0.4, -0.2) is 30.2 Å². The summed E-state index contributed by atoms with van der Waals surface area (Å²) in [5.41, 5.74) is 5.22. The highest BCUT2D eigenvalue weighted by molar-refractivity contribution is 6.30. The van der Waals surface area contributed by atoms with Crippen LogP contribution in [0.3, 0.4) is 0 Å². The summed E-state index contributed by atoms with van der Waals surface area (Å²) >= 11 is 5.87. The van der Waals surface area contributed by atoms with E-state index in [0.717, 1.165) is 22.3 Å². The summed E-state index contributed by atoms with van der Waals surface area (Å²) < 4.78 is 5.26. The first-order chi connectivity index (χ1) is 19.4. The molecule has 1 aliphatic heterocycles. The van der Waals surface area contributed by atoms with Gasteiger partial charge >= 0.3 is 5.97 Å². The molecule has 8 rings (SSSR count). The molecule has 4 aromatic carbocycles. The van der Waals surface area contributed by atoms with Crippen LogP contribution in [0, 0.1) is 11.8 Å². The van der Waals surface area contributed by atoms with Crippen LogP contribution in [0.4, 0.5) is 5.69 Å². The molecule has 0 aromatic heterocycles. The first-order valence-electron chi connectivity index (χ1n) is 13.1. The van der Waals surface area contributed by atoms with Crippen LogP contribution >= 0.6 is 11.6 Å². The zero-order valence-electron chi connectivity index (χ0n) is 21.1. The van der Waals surface area contributed by atoms with Gasteiger partial charge in [0.15, 0.2) is 12.4 Å². The number of hydrogen-bond acceptors (Lipinski definition) is 5. The summed E-state index contributed by atoms with van der Waals surface area (Å²) in [6, 6.07) is 28.7. The van der Waals surface area contributed by atoms with Crippen molar-refractivity contribution in [2.75, 3.05) is 11.5 Å². The molecule has 1 saturated heterocycles. The molecule has 3 aliphatic carbocycles. The Morgan fingerprint density at radius 3 is 1.73 bits per heavy atom. The van der Waals surface area contributed by atoms with E-state index < -0.39 is 24.4 Å². The van der Waals surface area contributed by atoms with Gasteiger partial charge in [0.2, 0.25) is 11.8 Å². The largest absolute Gasteiger partial charge is 0.454 e. The molecule has 0 saturated carbocycles. The Bertz CT molecular complexity index is 1610. The molecule has 4 aromatic rings. The SMILES string of the molecule is O=C(COC(=O)c1cccc(N2C(=O)[C@@H]3C4c5ccccc5C(c5ccccc54)[C@@H]3C2=O)c1)c1ccc(Cl)cc1. The lowest BCUT2D eigenvalue weighted by atomic mass is 9.55. The lowest BCUT2D eigenvalue weighted by molar-refractivity contribution is -0.122. The van der Waals surface area contributed by atoms with Crippen LogP contribution < -0.4 is 4.90 Å². The molecular formula is C33H22ClNO5. The molecule has 1 heterocycles. The van der Waals surface area contributed by atoms with Crippen LogP contribution in [-0.2, 0) is 14.3 Å². The van der Waals surface area contributed by atoms with Gasteiger partial charge in [0.05, 0.1) is 23.1 Å². The van der Waals surface area contributed by atoms with E-state index in [1.807, 2.05) is 24.3 Å². The number of carbonyl (C=O) groups is 4. The quantitative estimate of drug-likeness (QED) is 0.180. The maximum absolute atomic E-state index is 14.0. The van der Waals surface area contributed by atoms with Gasteiger partial charge in [0, 0.05) is 22.4 Å². The van der Waals surface area contributed by atoms with Crippen molar-refractivity contribution in [3.63, 3.8) is 0 Å². The van der Waals surface area contributed by atoms with Gasteiger partial charge in [0.1, 0.15) is 0 Å². The maximum Gasteiger partial charge on any atom is 0.338 e. The molecule has 0 spiro atoms. The number of nitrogens with zero attached hydrogens (tertiary/aromatic N) is 1. The average molecular weight is 548 g/mol. The van der Waals surface area contributed by atoms with Gasteiger partial charge in [-0.15, -0.1) is 0 Å². The van der Waals surface area contributed by atoms with Crippen molar-refractivity contribution in [1.29, 1.82) is 0 Å². The highest BCUT2D eigenvalue weighted by atomic mass is 35.5. The van der Waals surface area contributed by atoms with Crippen molar-refractivity contribution in [2.24, 2.45) is 11.8 Å². The van der Waals surface area contributed by atoms with Gasteiger partial charge in [-0.3, -0.25) is 14.4 Å². The Morgan fingerprint density at radius 2 is 1.20 bits per heavy atom. The molecule has 7 heteroatoms. The van der Waals surface area contributed by atoms with Crippen molar-refractivity contribution >= 4 is 40.9 Å². The predicted octanol–water partition coefficient (Wildman–Crippen LogP) is 5.78. The fourth-order valence-corrected chi connectivity index (χ4v) is 6.76. The number of rotatable bonds is 5. The Labute approximate surface area is 235 Å². The highest BCUT2D eigenvalue weighted by Crippen LogP contribution is 2.61. The number of hydrogen-bond donors (Lipinski definition) is 0. The predicted molar refractivity (Wildman–Crippen MR) is 149 cm³/mol. The highest BCUT2D eigenvalue weighted by Gasteiger charge is 2.61. The molecule has 0 radical (unpaired) electrons. The third-order valence-corrected chi connectivity index (χ3v) is 8.54. The Kier molecular flexibility index (Phi) is 5.68. The van der Waals surface area contributed by atoms with Crippen molar-refractivity contribution in [1.82, 2.24) is 0 Å². The number of halogens is 1. The van der Waals surface area contributed by atoms with Gasteiger partial charge in [-0.25, -0.2) is 9.69 Å². The van der Waals surface area contributed by atoms with E-state index in [2.05, 4.69) is 24.3 Å². The molecular weight excluding hydrogens is 526 g/mol. The van der Waals surface area contributed by atoms with Crippen LogP contribution in [0.25, 0.3) is 0 Å². The molecule has 6 nitrogen and oxygen atoms in total. The topological polar surface area (TPSA) is 80.8 Å². The minimum absolute atomic E-state index is 0.145. The van der Waals surface area contributed by atoms with Crippen LogP contribution in [0.1, 0.15) is 54.8 Å². The van der Waals surface area contributed by atoms with Gasteiger partial charge < -0.3 is 4.74 Å². The fourth-order valence-electron chi connectivity index (χ4n) is 6.64. The van der Waals surface area contributed by atoms with Crippen molar-refractivity contribution in [3.8, 4) is 0 Å². The van der Waals surface area contributed by atoms with E-state index in [4.69, 9.17) is 16.3 Å². The number of ketones is 1. The standard InChI is InChI=1S/C33H22ClNO5/c34-20-14-12-18(13-15-20)26(36)17-40-33(39)19-6-5-7-21(16-19)35-31(37)29-27-22-8-1-2-9-23(22)28(30(29)32(35)38)25-11-4-3-10-24(25)27/h1-16,27-30H,17H2/t27?,28?,29-,30+. The summed E-state index contributed by atoms with van der Waals surface area (Å²) in [7, 11) is 0. The first kappa shape index (κ1) is 24.5. The van der Waals surface area contributed by atoms with Gasteiger partial charge in [0.25, 0.3) is 0 Å². The molecule has 0 N–H and O–H groups in total. The molecule has 1 fully saturated rings. The van der Waals surface area contributed by atoms with E-state index >= 15 is 0 Å². The minimum Gasteiger partial charge on any atom is -0.454 e. The Balaban J connectivity index is 1.17. The molecule has 2 amide bonds. The van der Waals surface area contributed by atoms with Crippen molar-refractivity contribution < 1.29 is 23.9 Å². The first-order valence-corrected chi connectivity index (χ1v) is 13.4.